The van der Waals surface area contributed by atoms with Crippen LogP contribution in [0.2, 0.25) is 0 Å². The number of hydrogen-bond donors (Lipinski definition) is 0. The maximum atomic E-state index is 13.6. The number of nitrogens with zero attached hydrogens (tertiary/aromatic N) is 3. The van der Waals surface area contributed by atoms with Gasteiger partial charge in [0.2, 0.25) is 5.70 Å². The third kappa shape index (κ3) is 2.51. The summed E-state index contributed by atoms with van der Waals surface area (Å²) in [5.74, 6) is -0.643. The van der Waals surface area contributed by atoms with Gasteiger partial charge >= 0.3 is 5.91 Å². The number of carbonyl (C=O) groups excluding carboxylic acids is 1. The Morgan fingerprint density at radius 3 is 2.52 bits per heavy atom. The lowest BCUT2D eigenvalue weighted by molar-refractivity contribution is -0.428. The van der Waals surface area contributed by atoms with Crippen molar-refractivity contribution in [2.75, 3.05) is 0 Å². The van der Waals surface area contributed by atoms with Crippen LogP contribution >= 0.6 is 0 Å². The molecule has 0 aromatic heterocycles. The van der Waals surface area contributed by atoms with Crippen molar-refractivity contribution in [3.05, 3.63) is 83.9 Å². The Bertz CT molecular complexity index is 1010. The standard InChI is InChI=1S/C18H14N3O6/c22-18-10-16-15-9-13(20(25)26)6-4-11(15)5-7-17(16)21(18,27)14-3-1-2-12(8-14)19(23)24/h1,3,8-9H,4-7,10H2. The van der Waals surface area contributed by atoms with Crippen LogP contribution in [0.25, 0.3) is 0 Å². The first-order valence-corrected chi connectivity index (χ1v) is 8.42. The van der Waals surface area contributed by atoms with Crippen molar-refractivity contribution in [3.63, 3.8) is 0 Å². The normalized spacial score (nSPS) is 24.5. The van der Waals surface area contributed by atoms with Gasteiger partial charge in [-0.3, -0.25) is 20.2 Å². The molecule has 0 fully saturated rings. The monoisotopic (exact) mass is 368 g/mol. The number of nitro groups is 2. The molecule has 0 spiro atoms. The number of rotatable bonds is 3. The molecule has 1 radical (unpaired) electrons. The number of benzene rings is 1. The quantitative estimate of drug-likeness (QED) is 0.348. The number of allylic oxidation sites excluding steroid dienone is 5. The topological polar surface area (TPSA) is 126 Å². The zero-order valence-corrected chi connectivity index (χ0v) is 14.1. The lowest BCUT2D eigenvalue weighted by atomic mass is 9.82. The number of hydrogen-bond acceptors (Lipinski definition) is 6. The highest BCUT2D eigenvalue weighted by Gasteiger charge is 2.47. The number of carbonyl (C=O) groups is 1. The number of amides is 1. The van der Waals surface area contributed by atoms with Gasteiger partial charge in [0.1, 0.15) is 5.70 Å². The molecular weight excluding hydrogens is 354 g/mol. The van der Waals surface area contributed by atoms with Crippen LogP contribution in [0.1, 0.15) is 32.1 Å². The first-order chi connectivity index (χ1) is 12.8. The summed E-state index contributed by atoms with van der Waals surface area (Å²) in [4.78, 5) is 33.7. The van der Waals surface area contributed by atoms with E-state index >= 15 is 0 Å². The summed E-state index contributed by atoms with van der Waals surface area (Å²) < 4.78 is -1.37. The predicted molar refractivity (Wildman–Crippen MR) is 94.3 cm³/mol. The van der Waals surface area contributed by atoms with Crippen LogP contribution in [0.3, 0.4) is 0 Å². The predicted octanol–water partition coefficient (Wildman–Crippen LogP) is 3.43. The van der Waals surface area contributed by atoms with E-state index < -0.39 is 20.4 Å². The molecule has 9 nitrogen and oxygen atoms in total. The van der Waals surface area contributed by atoms with Gasteiger partial charge in [0.15, 0.2) is 5.69 Å². The maximum absolute atomic E-state index is 13.6. The highest BCUT2D eigenvalue weighted by atomic mass is 16.6. The summed E-state index contributed by atoms with van der Waals surface area (Å²) in [6.07, 6.45) is 3.12. The van der Waals surface area contributed by atoms with Crippen LogP contribution in [0.15, 0.2) is 52.4 Å². The molecule has 27 heavy (non-hydrogen) atoms. The van der Waals surface area contributed by atoms with Crippen LogP contribution in [0.4, 0.5) is 11.4 Å². The number of nitro benzene ring substituents is 1. The maximum Gasteiger partial charge on any atom is 0.328 e. The van der Waals surface area contributed by atoms with E-state index in [9.17, 15) is 30.2 Å². The number of non-ortho nitro benzene ring substituents is 1. The first kappa shape index (κ1) is 17.3. The van der Waals surface area contributed by atoms with Crippen molar-refractivity contribution >= 4 is 17.3 Å². The lowest BCUT2D eigenvalue weighted by Gasteiger charge is -2.38. The molecule has 4 rings (SSSR count). The van der Waals surface area contributed by atoms with Crippen LogP contribution in [0.5, 0.6) is 0 Å². The zero-order valence-electron chi connectivity index (χ0n) is 14.1. The van der Waals surface area contributed by atoms with Gasteiger partial charge in [-0.1, -0.05) is 5.57 Å². The smallest absolute Gasteiger partial charge is 0.328 e. The second kappa shape index (κ2) is 5.93. The molecule has 1 amide bonds. The molecular formula is C18H14N3O6. The van der Waals surface area contributed by atoms with E-state index in [0.29, 0.717) is 42.5 Å². The Labute approximate surface area is 153 Å². The van der Waals surface area contributed by atoms with Crippen molar-refractivity contribution in [2.45, 2.75) is 32.1 Å². The van der Waals surface area contributed by atoms with Crippen molar-refractivity contribution in [1.29, 1.82) is 0 Å². The average molecular weight is 368 g/mol. The number of hydroxylamine groups is 2. The minimum Gasteiger partial charge on any atom is -0.614 e. The molecule has 0 saturated heterocycles. The summed E-state index contributed by atoms with van der Waals surface area (Å²) in [6, 6.07) is 6.12. The minimum atomic E-state index is -1.37. The largest absolute Gasteiger partial charge is 0.614 e. The molecule has 9 heteroatoms. The third-order valence-corrected chi connectivity index (χ3v) is 5.34. The van der Waals surface area contributed by atoms with Gasteiger partial charge in [-0.2, -0.15) is 0 Å². The molecule has 0 bridgehead atoms. The highest BCUT2D eigenvalue weighted by molar-refractivity contribution is 5.98. The minimum absolute atomic E-state index is 0.0335. The van der Waals surface area contributed by atoms with Crippen LogP contribution in [0, 0.1) is 31.5 Å². The molecule has 2 aliphatic carbocycles. The van der Waals surface area contributed by atoms with E-state index in [-0.39, 0.29) is 23.5 Å². The Balaban J connectivity index is 1.85. The van der Waals surface area contributed by atoms with Gasteiger partial charge in [-0.15, -0.1) is 0 Å². The van der Waals surface area contributed by atoms with Gasteiger partial charge in [-0.05, 0) is 24.5 Å². The molecule has 137 valence electrons. The number of fused-ring (bicyclic) bond motifs is 1. The lowest BCUT2D eigenvalue weighted by Crippen LogP contribution is -2.44. The van der Waals surface area contributed by atoms with Crippen molar-refractivity contribution < 1.29 is 14.6 Å². The van der Waals surface area contributed by atoms with Crippen molar-refractivity contribution in [2.24, 2.45) is 0 Å². The van der Waals surface area contributed by atoms with Crippen LogP contribution < -0.4 is 4.65 Å². The van der Waals surface area contributed by atoms with E-state index in [0.717, 1.165) is 11.6 Å². The summed E-state index contributed by atoms with van der Waals surface area (Å²) in [7, 11) is 0. The van der Waals surface area contributed by atoms with Crippen LogP contribution in [-0.2, 0) is 4.79 Å². The Hall–Kier alpha value is -3.17. The second-order valence-electron chi connectivity index (χ2n) is 6.70. The molecule has 1 aromatic rings. The summed E-state index contributed by atoms with van der Waals surface area (Å²) in [5, 5.41) is 35.7. The van der Waals surface area contributed by atoms with Gasteiger partial charge in [-0.25, -0.2) is 9.44 Å². The summed E-state index contributed by atoms with van der Waals surface area (Å²) in [6.45, 7) is 0. The molecule has 3 aliphatic rings. The second-order valence-corrected chi connectivity index (χ2v) is 6.70. The molecule has 1 atom stereocenters. The molecule has 1 unspecified atom stereocenters. The van der Waals surface area contributed by atoms with Gasteiger partial charge in [0.25, 0.3) is 5.69 Å². The fraction of sp³-hybridized carbons (Fsp3) is 0.278. The average Bonchev–Trinajstić information content (AvgIpc) is 2.93. The van der Waals surface area contributed by atoms with E-state index in [2.05, 4.69) is 6.07 Å². The van der Waals surface area contributed by atoms with Gasteiger partial charge in [0, 0.05) is 30.6 Å². The Kier molecular flexibility index (Phi) is 3.79. The number of quaternary nitrogens is 1. The summed E-state index contributed by atoms with van der Waals surface area (Å²) in [5.41, 5.74) is 2.14. The fourth-order valence-corrected chi connectivity index (χ4v) is 4.04. The van der Waals surface area contributed by atoms with Gasteiger partial charge in [0.05, 0.1) is 28.4 Å². The zero-order chi connectivity index (χ0) is 19.3. The summed E-state index contributed by atoms with van der Waals surface area (Å²) >= 11 is 0. The fourth-order valence-electron chi connectivity index (χ4n) is 4.04. The van der Waals surface area contributed by atoms with Crippen molar-refractivity contribution in [1.82, 2.24) is 4.65 Å². The first-order valence-electron chi connectivity index (χ1n) is 8.42. The molecule has 1 aromatic carbocycles. The Morgan fingerprint density at radius 1 is 1.07 bits per heavy atom. The van der Waals surface area contributed by atoms with Crippen LogP contribution in [-0.4, -0.2) is 15.8 Å². The van der Waals surface area contributed by atoms with Gasteiger partial charge < -0.3 is 5.21 Å². The van der Waals surface area contributed by atoms with Crippen molar-refractivity contribution in [3.8, 4) is 0 Å². The SMILES string of the molecule is O=C1CC2=C(CCC3=C2C=C([N+](=O)[O-])CC3)[N+]1([O-])c1cc[c]c([N+](=O)[O-])c1. The van der Waals surface area contributed by atoms with E-state index in [1.165, 1.54) is 18.2 Å². The van der Waals surface area contributed by atoms with E-state index in [1.807, 2.05) is 0 Å². The Morgan fingerprint density at radius 2 is 1.81 bits per heavy atom. The molecule has 0 N–H and O–H groups in total. The molecule has 1 aliphatic heterocycles. The van der Waals surface area contributed by atoms with E-state index in [4.69, 9.17) is 0 Å². The van der Waals surface area contributed by atoms with E-state index in [1.54, 1.807) is 0 Å². The highest BCUT2D eigenvalue weighted by Crippen LogP contribution is 2.48. The molecule has 0 saturated carbocycles. The molecule has 1 heterocycles. The third-order valence-electron chi connectivity index (χ3n) is 5.34.